The first-order valence-corrected chi connectivity index (χ1v) is 6.72. The van der Waals surface area contributed by atoms with Crippen molar-refractivity contribution in [2.24, 2.45) is 0 Å². The fourth-order valence-electron chi connectivity index (χ4n) is 2.51. The smallest absolute Gasteiger partial charge is 0.175 e. The molecule has 0 radical (unpaired) electrons. The topological polar surface area (TPSA) is 25.8 Å². The van der Waals surface area contributed by atoms with Crippen LogP contribution in [0.4, 0.5) is 4.39 Å². The van der Waals surface area contributed by atoms with Gasteiger partial charge in [0.2, 0.25) is 0 Å². The average molecular weight is 274 g/mol. The number of benzene rings is 2. The van der Waals surface area contributed by atoms with E-state index in [9.17, 15) is 4.39 Å². The Bertz CT molecular complexity index is 949. The number of rotatable bonds is 1. The predicted octanol–water partition coefficient (Wildman–Crippen LogP) is 4.59. The summed E-state index contributed by atoms with van der Waals surface area (Å²) in [5.41, 5.74) is 2.24. The van der Waals surface area contributed by atoms with Crippen LogP contribution in [0.5, 0.6) is 0 Å². The van der Waals surface area contributed by atoms with Crippen LogP contribution in [0.2, 0.25) is 0 Å². The molecule has 0 saturated heterocycles. The minimum absolute atomic E-state index is 0.339. The van der Waals surface area contributed by atoms with Gasteiger partial charge in [0.05, 0.1) is 5.52 Å². The van der Waals surface area contributed by atoms with Gasteiger partial charge in [0, 0.05) is 22.5 Å². The van der Waals surface area contributed by atoms with Crippen LogP contribution in [0.1, 0.15) is 0 Å². The number of halogens is 1. The lowest BCUT2D eigenvalue weighted by molar-refractivity contribution is 0.635. The number of nitrogens with zero attached hydrogens (tertiary/aromatic N) is 2. The van der Waals surface area contributed by atoms with E-state index < -0.39 is 0 Å². The van der Waals surface area contributed by atoms with E-state index in [-0.39, 0.29) is 5.82 Å². The lowest BCUT2D eigenvalue weighted by Crippen LogP contribution is -1.94. The van der Waals surface area contributed by atoms with Crippen LogP contribution in [-0.2, 0) is 0 Å². The molecular formula is C18H11FN2. The number of hydrogen-bond acceptors (Lipinski definition) is 2. The molecular weight excluding hydrogens is 263 g/mol. The molecule has 2 nitrogen and oxygen atoms in total. The summed E-state index contributed by atoms with van der Waals surface area (Å²) in [6.07, 6.45) is 1.68. The Morgan fingerprint density at radius 2 is 1.57 bits per heavy atom. The first-order chi connectivity index (χ1) is 10.3. The number of aromatic nitrogens is 2. The van der Waals surface area contributed by atoms with E-state index in [0.29, 0.717) is 16.6 Å². The van der Waals surface area contributed by atoms with Gasteiger partial charge in [-0.25, -0.2) is 9.37 Å². The molecule has 0 unspecified atom stereocenters. The number of para-hydroxylation sites is 1. The first kappa shape index (κ1) is 12.0. The van der Waals surface area contributed by atoms with Gasteiger partial charge in [-0.1, -0.05) is 48.5 Å². The molecule has 2 heterocycles. The van der Waals surface area contributed by atoms with Crippen molar-refractivity contribution in [3.8, 4) is 11.3 Å². The summed E-state index contributed by atoms with van der Waals surface area (Å²) in [7, 11) is 0. The molecule has 0 N–H and O–H groups in total. The summed E-state index contributed by atoms with van der Waals surface area (Å²) < 4.78 is 14.8. The van der Waals surface area contributed by atoms with Gasteiger partial charge in [-0.3, -0.25) is 4.98 Å². The van der Waals surface area contributed by atoms with E-state index in [4.69, 9.17) is 0 Å². The van der Waals surface area contributed by atoms with Crippen molar-refractivity contribution in [1.29, 1.82) is 0 Å². The summed E-state index contributed by atoms with van der Waals surface area (Å²) >= 11 is 0. The Labute approximate surface area is 120 Å². The van der Waals surface area contributed by atoms with E-state index in [0.717, 1.165) is 16.5 Å². The maximum absolute atomic E-state index is 14.8. The van der Waals surface area contributed by atoms with E-state index in [1.165, 1.54) is 0 Å². The minimum Gasteiger partial charge on any atom is -0.252 e. The second-order valence-corrected chi connectivity index (χ2v) is 4.91. The van der Waals surface area contributed by atoms with Crippen molar-refractivity contribution in [3.05, 3.63) is 72.7 Å². The maximum Gasteiger partial charge on any atom is 0.175 e. The molecule has 2 aromatic heterocycles. The maximum atomic E-state index is 14.8. The van der Waals surface area contributed by atoms with Crippen LogP contribution in [0.15, 0.2) is 66.9 Å². The fourth-order valence-corrected chi connectivity index (χ4v) is 2.51. The standard InChI is InChI=1S/C18H11FN2/c19-16-17(12-6-2-1-3-7-12)20-11-14-10-13-8-4-5-9-15(13)21-18(14)16/h1-11H. The third-order valence-electron chi connectivity index (χ3n) is 3.55. The van der Waals surface area contributed by atoms with Gasteiger partial charge < -0.3 is 0 Å². The Kier molecular flexibility index (Phi) is 2.64. The van der Waals surface area contributed by atoms with E-state index in [2.05, 4.69) is 9.97 Å². The molecule has 4 rings (SSSR count). The third kappa shape index (κ3) is 1.94. The van der Waals surface area contributed by atoms with Crippen LogP contribution in [0.25, 0.3) is 33.1 Å². The minimum atomic E-state index is -0.371. The molecule has 100 valence electrons. The van der Waals surface area contributed by atoms with Crippen LogP contribution >= 0.6 is 0 Å². The molecule has 0 spiro atoms. The molecule has 2 aromatic carbocycles. The van der Waals surface area contributed by atoms with Gasteiger partial charge in [-0.05, 0) is 12.1 Å². The van der Waals surface area contributed by atoms with Gasteiger partial charge in [-0.2, -0.15) is 0 Å². The van der Waals surface area contributed by atoms with Crippen molar-refractivity contribution in [3.63, 3.8) is 0 Å². The number of pyridine rings is 2. The zero-order valence-corrected chi connectivity index (χ0v) is 11.1. The predicted molar refractivity (Wildman–Crippen MR) is 82.4 cm³/mol. The molecule has 0 aliphatic carbocycles. The highest BCUT2D eigenvalue weighted by molar-refractivity contribution is 5.93. The molecule has 21 heavy (non-hydrogen) atoms. The normalized spacial score (nSPS) is 11.1. The summed E-state index contributed by atoms with van der Waals surface area (Å²) in [4.78, 5) is 8.72. The van der Waals surface area contributed by atoms with Crippen molar-refractivity contribution in [1.82, 2.24) is 9.97 Å². The molecule has 0 aliphatic rings. The third-order valence-corrected chi connectivity index (χ3v) is 3.55. The number of hydrogen-bond donors (Lipinski definition) is 0. The lowest BCUT2D eigenvalue weighted by atomic mass is 10.1. The van der Waals surface area contributed by atoms with Crippen molar-refractivity contribution >= 4 is 21.8 Å². The largest absolute Gasteiger partial charge is 0.252 e. The quantitative estimate of drug-likeness (QED) is 0.474. The molecule has 0 saturated carbocycles. The highest BCUT2D eigenvalue weighted by Crippen LogP contribution is 2.27. The molecule has 4 aromatic rings. The molecule has 0 fully saturated rings. The van der Waals surface area contributed by atoms with Gasteiger partial charge in [0.15, 0.2) is 5.82 Å². The van der Waals surface area contributed by atoms with E-state index in [1.807, 2.05) is 60.7 Å². The van der Waals surface area contributed by atoms with Gasteiger partial charge >= 0.3 is 0 Å². The molecule has 0 bridgehead atoms. The second-order valence-electron chi connectivity index (χ2n) is 4.91. The highest BCUT2D eigenvalue weighted by atomic mass is 19.1. The second kappa shape index (κ2) is 4.63. The monoisotopic (exact) mass is 274 g/mol. The highest BCUT2D eigenvalue weighted by Gasteiger charge is 2.12. The molecule has 3 heteroatoms. The van der Waals surface area contributed by atoms with Crippen LogP contribution in [0.3, 0.4) is 0 Å². The molecule has 0 aliphatic heterocycles. The average Bonchev–Trinajstić information content (AvgIpc) is 2.55. The zero-order valence-electron chi connectivity index (χ0n) is 11.1. The Hall–Kier alpha value is -2.81. The zero-order chi connectivity index (χ0) is 14.2. The Morgan fingerprint density at radius 1 is 0.810 bits per heavy atom. The summed E-state index contributed by atoms with van der Waals surface area (Å²) in [6.45, 7) is 0. The summed E-state index contributed by atoms with van der Waals surface area (Å²) in [6, 6.07) is 18.9. The van der Waals surface area contributed by atoms with Gasteiger partial charge in [0.25, 0.3) is 0 Å². The SMILES string of the molecule is Fc1c(-c2ccccc2)ncc2cc3ccccc3nc12. The Balaban J connectivity index is 2.04. The van der Waals surface area contributed by atoms with E-state index in [1.54, 1.807) is 6.20 Å². The van der Waals surface area contributed by atoms with Crippen LogP contribution in [0, 0.1) is 5.82 Å². The summed E-state index contributed by atoms with van der Waals surface area (Å²) in [5, 5.41) is 1.70. The van der Waals surface area contributed by atoms with Gasteiger partial charge in [-0.15, -0.1) is 0 Å². The fraction of sp³-hybridized carbons (Fsp3) is 0. The van der Waals surface area contributed by atoms with Crippen LogP contribution < -0.4 is 0 Å². The number of fused-ring (bicyclic) bond motifs is 2. The van der Waals surface area contributed by atoms with Crippen molar-refractivity contribution in [2.75, 3.05) is 0 Å². The van der Waals surface area contributed by atoms with Crippen molar-refractivity contribution in [2.45, 2.75) is 0 Å². The Morgan fingerprint density at radius 3 is 2.43 bits per heavy atom. The van der Waals surface area contributed by atoms with Crippen molar-refractivity contribution < 1.29 is 4.39 Å². The van der Waals surface area contributed by atoms with Gasteiger partial charge in [0.1, 0.15) is 11.2 Å². The molecule has 0 atom stereocenters. The molecule has 0 amide bonds. The van der Waals surface area contributed by atoms with Crippen LogP contribution in [-0.4, -0.2) is 9.97 Å². The lowest BCUT2D eigenvalue weighted by Gasteiger charge is -2.06. The van der Waals surface area contributed by atoms with E-state index >= 15 is 0 Å². The summed E-state index contributed by atoms with van der Waals surface area (Å²) in [5.74, 6) is -0.371. The first-order valence-electron chi connectivity index (χ1n) is 6.72.